The van der Waals surface area contributed by atoms with E-state index in [1.165, 1.54) is 32.1 Å². The molecule has 0 aliphatic heterocycles. The molecule has 0 aromatic rings. The molecule has 0 aromatic carbocycles. The Labute approximate surface area is 107 Å². The number of nitrogens with one attached hydrogen (secondary N) is 1. The smallest absolute Gasteiger partial charge is 0.0558 e. The summed E-state index contributed by atoms with van der Waals surface area (Å²) in [5.41, 5.74) is 0. The molecule has 1 aliphatic carbocycles. The Morgan fingerprint density at radius 3 is 2.65 bits per heavy atom. The molecular formula is C14H30N2O. The van der Waals surface area contributed by atoms with Crippen molar-refractivity contribution in [2.75, 3.05) is 32.8 Å². The van der Waals surface area contributed by atoms with E-state index in [1.807, 2.05) is 0 Å². The van der Waals surface area contributed by atoms with Gasteiger partial charge in [0.25, 0.3) is 0 Å². The average molecular weight is 242 g/mol. The Balaban J connectivity index is 2.26. The molecule has 2 N–H and O–H groups in total. The lowest BCUT2D eigenvalue weighted by Gasteiger charge is -2.30. The second kappa shape index (κ2) is 8.90. The van der Waals surface area contributed by atoms with Crippen LogP contribution in [0.5, 0.6) is 0 Å². The van der Waals surface area contributed by atoms with Crippen LogP contribution in [-0.2, 0) is 0 Å². The number of rotatable bonds is 9. The van der Waals surface area contributed by atoms with Gasteiger partial charge in [-0.3, -0.25) is 4.90 Å². The Kier molecular flexibility index (Phi) is 7.82. The van der Waals surface area contributed by atoms with Crippen molar-refractivity contribution in [1.29, 1.82) is 0 Å². The molecule has 0 aromatic heterocycles. The van der Waals surface area contributed by atoms with Crippen molar-refractivity contribution < 1.29 is 5.11 Å². The van der Waals surface area contributed by atoms with E-state index in [1.54, 1.807) is 0 Å². The largest absolute Gasteiger partial charge is 0.395 e. The maximum Gasteiger partial charge on any atom is 0.0558 e. The quantitative estimate of drug-likeness (QED) is 0.606. The van der Waals surface area contributed by atoms with Gasteiger partial charge < -0.3 is 10.4 Å². The van der Waals surface area contributed by atoms with Gasteiger partial charge in [-0.05, 0) is 38.3 Å². The second-order valence-electron chi connectivity index (χ2n) is 5.47. The molecule has 102 valence electrons. The van der Waals surface area contributed by atoms with Crippen LogP contribution in [0.15, 0.2) is 0 Å². The molecule has 1 fully saturated rings. The third-order valence-electron chi connectivity index (χ3n) is 3.69. The van der Waals surface area contributed by atoms with Crippen molar-refractivity contribution in [2.24, 2.45) is 5.92 Å². The van der Waals surface area contributed by atoms with Crippen LogP contribution in [0.1, 0.15) is 46.0 Å². The molecule has 1 atom stereocenters. The van der Waals surface area contributed by atoms with Crippen molar-refractivity contribution in [3.05, 3.63) is 0 Å². The fourth-order valence-electron chi connectivity index (χ4n) is 2.81. The zero-order valence-electron chi connectivity index (χ0n) is 11.6. The minimum absolute atomic E-state index is 0.297. The van der Waals surface area contributed by atoms with Gasteiger partial charge in [-0.15, -0.1) is 0 Å². The first kappa shape index (κ1) is 14.9. The van der Waals surface area contributed by atoms with Gasteiger partial charge in [0.05, 0.1) is 6.61 Å². The first-order chi connectivity index (χ1) is 8.27. The molecule has 1 saturated carbocycles. The molecule has 3 heteroatoms. The number of hydrogen-bond donors (Lipinski definition) is 2. The van der Waals surface area contributed by atoms with Crippen molar-refractivity contribution >= 4 is 0 Å². The molecule has 0 radical (unpaired) electrons. The van der Waals surface area contributed by atoms with Crippen LogP contribution >= 0.6 is 0 Å². The third kappa shape index (κ3) is 5.84. The highest BCUT2D eigenvalue weighted by Gasteiger charge is 2.23. The Morgan fingerprint density at radius 1 is 1.35 bits per heavy atom. The van der Waals surface area contributed by atoms with Crippen LogP contribution in [0, 0.1) is 5.92 Å². The summed E-state index contributed by atoms with van der Waals surface area (Å²) < 4.78 is 0. The lowest BCUT2D eigenvalue weighted by Crippen LogP contribution is -2.40. The van der Waals surface area contributed by atoms with E-state index in [4.69, 9.17) is 5.11 Å². The minimum atomic E-state index is 0.297. The standard InChI is InChI=1S/C14H30N2O/c1-3-8-15-11-13(2)12-16(9-10-17)14-6-4-5-7-14/h13-15,17H,3-12H2,1-2H3. The molecule has 0 amide bonds. The lowest BCUT2D eigenvalue weighted by atomic mass is 10.1. The summed E-state index contributed by atoms with van der Waals surface area (Å²) in [5, 5.41) is 12.7. The number of hydrogen-bond acceptors (Lipinski definition) is 3. The predicted molar refractivity (Wildman–Crippen MR) is 73.2 cm³/mol. The van der Waals surface area contributed by atoms with Crippen LogP contribution in [0.3, 0.4) is 0 Å². The van der Waals surface area contributed by atoms with Crippen molar-refractivity contribution in [2.45, 2.75) is 52.0 Å². The Morgan fingerprint density at radius 2 is 2.06 bits per heavy atom. The number of aliphatic hydroxyl groups excluding tert-OH is 1. The van der Waals surface area contributed by atoms with E-state index in [0.717, 1.165) is 32.2 Å². The zero-order valence-corrected chi connectivity index (χ0v) is 11.6. The molecule has 0 saturated heterocycles. The lowest BCUT2D eigenvalue weighted by molar-refractivity contribution is 0.134. The first-order valence-electron chi connectivity index (χ1n) is 7.33. The van der Waals surface area contributed by atoms with Gasteiger partial charge in [-0.2, -0.15) is 0 Å². The SMILES string of the molecule is CCCNCC(C)CN(CCO)C1CCCC1. The van der Waals surface area contributed by atoms with E-state index < -0.39 is 0 Å². The summed E-state index contributed by atoms with van der Waals surface area (Å²) in [6, 6.07) is 0.732. The van der Waals surface area contributed by atoms with Gasteiger partial charge >= 0.3 is 0 Å². The van der Waals surface area contributed by atoms with Crippen LogP contribution in [0.25, 0.3) is 0 Å². The summed E-state index contributed by atoms with van der Waals surface area (Å²) in [6.07, 6.45) is 6.60. The van der Waals surface area contributed by atoms with Crippen LogP contribution in [0.4, 0.5) is 0 Å². The summed E-state index contributed by atoms with van der Waals surface area (Å²) in [6.45, 7) is 9.00. The van der Waals surface area contributed by atoms with E-state index in [9.17, 15) is 0 Å². The molecule has 1 aliphatic rings. The van der Waals surface area contributed by atoms with Gasteiger partial charge in [0.2, 0.25) is 0 Å². The van der Waals surface area contributed by atoms with Gasteiger partial charge in [0.1, 0.15) is 0 Å². The molecule has 0 spiro atoms. The van der Waals surface area contributed by atoms with E-state index in [-0.39, 0.29) is 0 Å². The predicted octanol–water partition coefficient (Wildman–Crippen LogP) is 1.86. The Hall–Kier alpha value is -0.120. The fourth-order valence-corrected chi connectivity index (χ4v) is 2.81. The van der Waals surface area contributed by atoms with Crippen molar-refractivity contribution in [3.63, 3.8) is 0 Å². The molecule has 0 bridgehead atoms. The highest BCUT2D eigenvalue weighted by molar-refractivity contribution is 4.78. The number of aliphatic hydroxyl groups is 1. The van der Waals surface area contributed by atoms with Gasteiger partial charge in [0, 0.05) is 19.1 Å². The Bertz CT molecular complexity index is 181. The molecule has 1 rings (SSSR count). The van der Waals surface area contributed by atoms with E-state index in [0.29, 0.717) is 12.5 Å². The maximum atomic E-state index is 9.17. The monoisotopic (exact) mass is 242 g/mol. The van der Waals surface area contributed by atoms with Crippen molar-refractivity contribution in [1.82, 2.24) is 10.2 Å². The zero-order chi connectivity index (χ0) is 12.5. The highest BCUT2D eigenvalue weighted by atomic mass is 16.3. The molecule has 1 unspecified atom stereocenters. The van der Waals surface area contributed by atoms with E-state index in [2.05, 4.69) is 24.1 Å². The van der Waals surface area contributed by atoms with Gasteiger partial charge in [0.15, 0.2) is 0 Å². The van der Waals surface area contributed by atoms with Gasteiger partial charge in [-0.1, -0.05) is 26.7 Å². The molecule has 0 heterocycles. The summed E-state index contributed by atoms with van der Waals surface area (Å²) in [4.78, 5) is 2.51. The van der Waals surface area contributed by atoms with Gasteiger partial charge in [-0.25, -0.2) is 0 Å². The fraction of sp³-hybridized carbons (Fsp3) is 1.00. The maximum absolute atomic E-state index is 9.17. The molecule has 3 nitrogen and oxygen atoms in total. The van der Waals surface area contributed by atoms with Crippen LogP contribution in [0.2, 0.25) is 0 Å². The summed E-state index contributed by atoms with van der Waals surface area (Å²) in [5.74, 6) is 0.675. The molecular weight excluding hydrogens is 212 g/mol. The molecule has 17 heavy (non-hydrogen) atoms. The van der Waals surface area contributed by atoms with Crippen LogP contribution < -0.4 is 5.32 Å². The topological polar surface area (TPSA) is 35.5 Å². The highest BCUT2D eigenvalue weighted by Crippen LogP contribution is 2.23. The first-order valence-corrected chi connectivity index (χ1v) is 7.33. The second-order valence-corrected chi connectivity index (χ2v) is 5.47. The average Bonchev–Trinajstić information content (AvgIpc) is 2.82. The van der Waals surface area contributed by atoms with E-state index >= 15 is 0 Å². The summed E-state index contributed by atoms with van der Waals surface area (Å²) >= 11 is 0. The summed E-state index contributed by atoms with van der Waals surface area (Å²) in [7, 11) is 0. The number of nitrogens with zero attached hydrogens (tertiary/aromatic N) is 1. The minimum Gasteiger partial charge on any atom is -0.395 e. The van der Waals surface area contributed by atoms with Crippen LogP contribution in [-0.4, -0.2) is 48.8 Å². The third-order valence-corrected chi connectivity index (χ3v) is 3.69. The normalized spacial score (nSPS) is 19.1. The van der Waals surface area contributed by atoms with Crippen molar-refractivity contribution in [3.8, 4) is 0 Å².